The Bertz CT molecular complexity index is 853. The van der Waals surface area contributed by atoms with Crippen LogP contribution in [0.15, 0.2) is 53.5 Å². The number of aliphatic imine (C=N–C) groups is 1. The van der Waals surface area contributed by atoms with Gasteiger partial charge in [0.1, 0.15) is 18.1 Å². The normalized spacial score (nSPS) is 15.9. The van der Waals surface area contributed by atoms with Crippen LogP contribution in [0.3, 0.4) is 0 Å². The van der Waals surface area contributed by atoms with Gasteiger partial charge < -0.3 is 25.4 Å². The second-order valence-corrected chi connectivity index (χ2v) is 6.71. The second-order valence-electron chi connectivity index (χ2n) is 6.71. The number of amides is 1. The van der Waals surface area contributed by atoms with E-state index in [1.807, 2.05) is 49.4 Å². The second kappa shape index (κ2) is 10.4. The molecule has 1 aliphatic heterocycles. The van der Waals surface area contributed by atoms with Crippen LogP contribution in [0.25, 0.3) is 0 Å². The van der Waals surface area contributed by atoms with Gasteiger partial charge in [0.2, 0.25) is 5.91 Å². The minimum absolute atomic E-state index is 0.0357. The number of guanidine groups is 1. The maximum atomic E-state index is 12.0. The highest BCUT2D eigenvalue weighted by molar-refractivity contribution is 5.94. The van der Waals surface area contributed by atoms with Crippen molar-refractivity contribution in [3.8, 4) is 11.5 Å². The number of methoxy groups -OCH3 is 1. The Balaban J connectivity index is 1.54. The maximum absolute atomic E-state index is 12.0. The maximum Gasteiger partial charge on any atom is 0.225 e. The molecule has 0 bridgehead atoms. The number of nitrogens with one attached hydrogen (secondary N) is 3. The van der Waals surface area contributed by atoms with Gasteiger partial charge in [-0.2, -0.15) is 0 Å². The largest absolute Gasteiger partial charge is 0.497 e. The fourth-order valence-electron chi connectivity index (χ4n) is 3.24. The third-order valence-electron chi connectivity index (χ3n) is 4.62. The number of carbonyl (C=O) groups excluding carboxylic acids is 1. The Morgan fingerprint density at radius 2 is 2.00 bits per heavy atom. The first kappa shape index (κ1) is 20.5. The lowest BCUT2D eigenvalue weighted by Gasteiger charge is -2.24. The minimum Gasteiger partial charge on any atom is -0.497 e. The van der Waals surface area contributed by atoms with Crippen molar-refractivity contribution < 1.29 is 14.3 Å². The molecular weight excluding hydrogens is 368 g/mol. The first-order valence-electron chi connectivity index (χ1n) is 9.87. The summed E-state index contributed by atoms with van der Waals surface area (Å²) < 4.78 is 11.0. The summed E-state index contributed by atoms with van der Waals surface area (Å²) in [6.45, 7) is 4.41. The standard InChI is InChI=1S/C22H28N4O3/c1-3-23-22(24-11-12-29-18-8-6-7-17(14-18)28-2)25-15-16-13-21(27)26-20-10-5-4-9-19(16)20/h4-10,14,16H,3,11-13,15H2,1-2H3,(H,26,27)(H2,23,24,25). The quantitative estimate of drug-likeness (QED) is 0.363. The SMILES string of the molecule is CCNC(=NCC1CC(=O)Nc2ccccc21)NCCOc1cccc(OC)c1. The van der Waals surface area contributed by atoms with E-state index in [4.69, 9.17) is 9.47 Å². The molecule has 0 saturated carbocycles. The van der Waals surface area contributed by atoms with E-state index in [-0.39, 0.29) is 11.8 Å². The van der Waals surface area contributed by atoms with Crippen LogP contribution in [0.1, 0.15) is 24.8 Å². The molecule has 1 unspecified atom stereocenters. The predicted molar refractivity (Wildman–Crippen MR) is 115 cm³/mol. The third kappa shape index (κ3) is 5.88. The third-order valence-corrected chi connectivity index (χ3v) is 4.62. The molecular formula is C22H28N4O3. The molecule has 0 fully saturated rings. The zero-order valence-electron chi connectivity index (χ0n) is 16.9. The molecule has 0 aromatic heterocycles. The molecule has 2 aromatic carbocycles. The molecule has 0 aliphatic carbocycles. The Morgan fingerprint density at radius 1 is 1.17 bits per heavy atom. The summed E-state index contributed by atoms with van der Waals surface area (Å²) in [5.74, 6) is 2.35. The molecule has 1 heterocycles. The summed E-state index contributed by atoms with van der Waals surface area (Å²) in [4.78, 5) is 16.7. The van der Waals surface area contributed by atoms with E-state index in [1.54, 1.807) is 7.11 Å². The average Bonchev–Trinajstić information content (AvgIpc) is 2.74. The highest BCUT2D eigenvalue weighted by atomic mass is 16.5. The van der Waals surface area contributed by atoms with Gasteiger partial charge in [-0.15, -0.1) is 0 Å². The van der Waals surface area contributed by atoms with Crippen molar-refractivity contribution in [3.63, 3.8) is 0 Å². The van der Waals surface area contributed by atoms with Crippen molar-refractivity contribution in [2.24, 2.45) is 4.99 Å². The molecule has 1 atom stereocenters. The molecule has 2 aromatic rings. The average molecular weight is 396 g/mol. The molecule has 3 rings (SSSR count). The summed E-state index contributed by atoms with van der Waals surface area (Å²) >= 11 is 0. The molecule has 0 radical (unpaired) electrons. The molecule has 0 spiro atoms. The van der Waals surface area contributed by atoms with E-state index >= 15 is 0 Å². The van der Waals surface area contributed by atoms with Crippen LogP contribution < -0.4 is 25.4 Å². The summed E-state index contributed by atoms with van der Waals surface area (Å²) in [5, 5.41) is 9.44. The Kier molecular flexibility index (Phi) is 7.33. The summed E-state index contributed by atoms with van der Waals surface area (Å²) in [6.07, 6.45) is 0.443. The van der Waals surface area contributed by atoms with Crippen molar-refractivity contribution >= 4 is 17.6 Å². The van der Waals surface area contributed by atoms with Crippen LogP contribution >= 0.6 is 0 Å². The number of ether oxygens (including phenoxy) is 2. The molecule has 7 heteroatoms. The van der Waals surface area contributed by atoms with Crippen LogP contribution in [0, 0.1) is 0 Å². The van der Waals surface area contributed by atoms with Crippen molar-refractivity contribution in [2.45, 2.75) is 19.3 Å². The highest BCUT2D eigenvalue weighted by Gasteiger charge is 2.24. The zero-order chi connectivity index (χ0) is 20.5. The minimum atomic E-state index is 0.0357. The fraction of sp³-hybridized carbons (Fsp3) is 0.364. The number of hydrogen-bond acceptors (Lipinski definition) is 4. The number of nitrogens with zero attached hydrogens (tertiary/aromatic N) is 1. The van der Waals surface area contributed by atoms with E-state index in [9.17, 15) is 4.79 Å². The van der Waals surface area contributed by atoms with Gasteiger partial charge in [-0.05, 0) is 30.7 Å². The number of anilines is 1. The van der Waals surface area contributed by atoms with E-state index in [0.717, 1.165) is 29.3 Å². The fourth-order valence-corrected chi connectivity index (χ4v) is 3.24. The summed E-state index contributed by atoms with van der Waals surface area (Å²) in [7, 11) is 1.63. The van der Waals surface area contributed by atoms with Gasteiger partial charge in [0, 0.05) is 30.6 Å². The lowest BCUT2D eigenvalue weighted by molar-refractivity contribution is -0.116. The topological polar surface area (TPSA) is 84.0 Å². The van der Waals surface area contributed by atoms with Gasteiger partial charge in [-0.3, -0.25) is 9.79 Å². The van der Waals surface area contributed by atoms with Crippen LogP contribution in [-0.2, 0) is 4.79 Å². The van der Waals surface area contributed by atoms with Crippen LogP contribution in [-0.4, -0.2) is 45.2 Å². The lowest BCUT2D eigenvalue weighted by Crippen LogP contribution is -2.39. The number of benzene rings is 2. The van der Waals surface area contributed by atoms with Gasteiger partial charge >= 0.3 is 0 Å². The lowest BCUT2D eigenvalue weighted by atomic mass is 9.91. The molecule has 0 saturated heterocycles. The van der Waals surface area contributed by atoms with Crippen molar-refractivity contribution in [1.82, 2.24) is 10.6 Å². The van der Waals surface area contributed by atoms with Crippen LogP contribution in [0.4, 0.5) is 5.69 Å². The Hall–Kier alpha value is -3.22. The molecule has 7 nitrogen and oxygen atoms in total. The van der Waals surface area contributed by atoms with Gasteiger partial charge in [-0.25, -0.2) is 0 Å². The van der Waals surface area contributed by atoms with Crippen LogP contribution in [0.5, 0.6) is 11.5 Å². The monoisotopic (exact) mass is 396 g/mol. The van der Waals surface area contributed by atoms with E-state index in [0.29, 0.717) is 32.1 Å². The predicted octanol–water partition coefficient (Wildman–Crippen LogP) is 2.76. The summed E-state index contributed by atoms with van der Waals surface area (Å²) in [5.41, 5.74) is 2.02. The number of carbonyl (C=O) groups is 1. The number of rotatable bonds is 8. The zero-order valence-corrected chi connectivity index (χ0v) is 16.9. The van der Waals surface area contributed by atoms with E-state index in [1.165, 1.54) is 0 Å². The Labute approximate surface area is 171 Å². The first-order chi connectivity index (χ1) is 14.2. The van der Waals surface area contributed by atoms with Crippen molar-refractivity contribution in [2.75, 3.05) is 38.7 Å². The van der Waals surface area contributed by atoms with Gasteiger partial charge in [0.05, 0.1) is 20.2 Å². The summed E-state index contributed by atoms with van der Waals surface area (Å²) in [6, 6.07) is 15.4. The van der Waals surface area contributed by atoms with Crippen molar-refractivity contribution in [1.29, 1.82) is 0 Å². The van der Waals surface area contributed by atoms with Gasteiger partial charge in [-0.1, -0.05) is 24.3 Å². The van der Waals surface area contributed by atoms with Gasteiger partial charge in [0.25, 0.3) is 0 Å². The van der Waals surface area contributed by atoms with E-state index in [2.05, 4.69) is 27.0 Å². The highest BCUT2D eigenvalue weighted by Crippen LogP contribution is 2.31. The number of fused-ring (bicyclic) bond motifs is 1. The van der Waals surface area contributed by atoms with Crippen LogP contribution in [0.2, 0.25) is 0 Å². The molecule has 1 amide bonds. The molecule has 1 aliphatic rings. The first-order valence-corrected chi connectivity index (χ1v) is 9.87. The smallest absolute Gasteiger partial charge is 0.225 e. The molecule has 3 N–H and O–H groups in total. The molecule has 29 heavy (non-hydrogen) atoms. The molecule has 154 valence electrons. The van der Waals surface area contributed by atoms with Crippen molar-refractivity contribution in [3.05, 3.63) is 54.1 Å². The number of hydrogen-bond donors (Lipinski definition) is 3. The Morgan fingerprint density at radius 3 is 2.83 bits per heavy atom. The van der Waals surface area contributed by atoms with Gasteiger partial charge in [0.15, 0.2) is 5.96 Å². The van der Waals surface area contributed by atoms with E-state index < -0.39 is 0 Å². The number of para-hydroxylation sites is 1.